The number of hydrogen-bond donors (Lipinski definition) is 2. The van der Waals surface area contributed by atoms with Crippen molar-refractivity contribution in [1.29, 1.82) is 0 Å². The minimum Gasteiger partial charge on any atom is -0.352 e. The molecule has 1 aromatic rings. The molecule has 2 aliphatic rings. The number of amides is 2. The van der Waals surface area contributed by atoms with E-state index >= 15 is 0 Å². The lowest BCUT2D eigenvalue weighted by molar-refractivity contribution is -0.125. The van der Waals surface area contributed by atoms with Crippen LogP contribution in [0.3, 0.4) is 0 Å². The molecule has 3 atom stereocenters. The van der Waals surface area contributed by atoms with E-state index in [9.17, 15) is 9.59 Å². The molecule has 27 heavy (non-hydrogen) atoms. The fourth-order valence-electron chi connectivity index (χ4n) is 4.31. The van der Waals surface area contributed by atoms with Crippen LogP contribution in [0.1, 0.15) is 56.8 Å². The summed E-state index contributed by atoms with van der Waals surface area (Å²) in [7, 11) is 0. The first kappa shape index (κ1) is 20.1. The van der Waals surface area contributed by atoms with Crippen LogP contribution in [0.15, 0.2) is 18.5 Å². The second kappa shape index (κ2) is 8.15. The number of carbonyl (C=O) groups is 2. The van der Waals surface area contributed by atoms with Gasteiger partial charge >= 0.3 is 0 Å². The molecule has 2 aliphatic heterocycles. The largest absolute Gasteiger partial charge is 0.352 e. The van der Waals surface area contributed by atoms with Crippen molar-refractivity contribution in [2.24, 2.45) is 5.92 Å². The summed E-state index contributed by atoms with van der Waals surface area (Å²) in [4.78, 5) is 30.9. The third-order valence-corrected chi connectivity index (χ3v) is 5.55. The smallest absolute Gasteiger partial charge is 0.252 e. The standard InChI is InChI=1S/C20H29ClN4O2/c1-20(2,3)24-18(26)12-25-16-4-5-17(25)7-13(6-16)9-23-19(27)14-8-15(21)11-22-10-14/h8,10-11,13,16-17H,4-7,9,12H2,1-3H3,(H,23,27)(H,24,26)/t13-,16-,17+. The molecule has 2 fully saturated rings. The van der Waals surface area contributed by atoms with Crippen LogP contribution in [0.2, 0.25) is 5.02 Å². The quantitative estimate of drug-likeness (QED) is 0.807. The Bertz CT molecular complexity index is 689. The average molecular weight is 393 g/mol. The van der Waals surface area contributed by atoms with Gasteiger partial charge in [-0.1, -0.05) is 11.6 Å². The first-order valence-corrected chi connectivity index (χ1v) is 10.0. The monoisotopic (exact) mass is 392 g/mol. The maximum Gasteiger partial charge on any atom is 0.252 e. The van der Waals surface area contributed by atoms with Crippen LogP contribution in [0.4, 0.5) is 0 Å². The lowest BCUT2D eigenvalue weighted by Gasteiger charge is -2.39. The van der Waals surface area contributed by atoms with Crippen molar-refractivity contribution in [2.45, 2.75) is 64.1 Å². The molecular weight excluding hydrogens is 364 g/mol. The maximum atomic E-state index is 12.3. The van der Waals surface area contributed by atoms with Crippen LogP contribution in [0.25, 0.3) is 0 Å². The molecule has 3 rings (SSSR count). The number of piperidine rings is 1. The Balaban J connectivity index is 1.50. The zero-order valence-corrected chi connectivity index (χ0v) is 17.1. The van der Waals surface area contributed by atoms with E-state index in [4.69, 9.17) is 11.6 Å². The number of pyridine rings is 1. The lowest BCUT2D eigenvalue weighted by Crippen LogP contribution is -2.52. The van der Waals surface area contributed by atoms with Crippen molar-refractivity contribution in [3.63, 3.8) is 0 Å². The molecule has 2 amide bonds. The molecule has 0 saturated carbocycles. The summed E-state index contributed by atoms with van der Waals surface area (Å²) in [5, 5.41) is 6.53. The molecule has 2 N–H and O–H groups in total. The zero-order chi connectivity index (χ0) is 19.6. The fraction of sp³-hybridized carbons (Fsp3) is 0.650. The highest BCUT2D eigenvalue weighted by atomic mass is 35.5. The number of rotatable bonds is 5. The van der Waals surface area contributed by atoms with Gasteiger partial charge in [0.25, 0.3) is 5.91 Å². The number of carbonyl (C=O) groups excluding carboxylic acids is 2. The van der Waals surface area contributed by atoms with Gasteiger partial charge < -0.3 is 10.6 Å². The van der Waals surface area contributed by atoms with Crippen molar-refractivity contribution in [3.8, 4) is 0 Å². The Labute approximate surface area is 166 Å². The van der Waals surface area contributed by atoms with Crippen LogP contribution in [0.5, 0.6) is 0 Å². The summed E-state index contributed by atoms with van der Waals surface area (Å²) >= 11 is 5.90. The summed E-state index contributed by atoms with van der Waals surface area (Å²) < 4.78 is 0. The van der Waals surface area contributed by atoms with E-state index in [1.54, 1.807) is 6.07 Å². The Morgan fingerprint density at radius 2 is 1.89 bits per heavy atom. The lowest BCUT2D eigenvalue weighted by atomic mass is 9.90. The molecule has 2 saturated heterocycles. The molecule has 0 spiro atoms. The van der Waals surface area contributed by atoms with Crippen LogP contribution in [-0.2, 0) is 4.79 Å². The van der Waals surface area contributed by atoms with Crippen molar-refractivity contribution >= 4 is 23.4 Å². The summed E-state index contributed by atoms with van der Waals surface area (Å²) in [6.07, 6.45) is 7.36. The molecule has 0 radical (unpaired) electrons. The van der Waals surface area contributed by atoms with Gasteiger partial charge in [0.1, 0.15) is 0 Å². The number of fused-ring (bicyclic) bond motifs is 2. The number of nitrogens with one attached hydrogen (secondary N) is 2. The highest BCUT2D eigenvalue weighted by Gasteiger charge is 2.41. The Morgan fingerprint density at radius 3 is 2.48 bits per heavy atom. The van der Waals surface area contributed by atoms with Gasteiger partial charge in [-0.15, -0.1) is 0 Å². The molecule has 6 nitrogen and oxygen atoms in total. The van der Waals surface area contributed by atoms with E-state index in [1.165, 1.54) is 12.4 Å². The Kier molecular flexibility index (Phi) is 6.06. The van der Waals surface area contributed by atoms with E-state index in [0.717, 1.165) is 25.7 Å². The molecule has 2 bridgehead atoms. The number of halogens is 1. The molecule has 1 aromatic heterocycles. The van der Waals surface area contributed by atoms with Crippen LogP contribution in [-0.4, -0.2) is 52.4 Å². The third-order valence-electron chi connectivity index (χ3n) is 5.34. The van der Waals surface area contributed by atoms with Gasteiger partial charge in [0.05, 0.1) is 17.1 Å². The number of nitrogens with zero attached hydrogens (tertiary/aromatic N) is 2. The maximum absolute atomic E-state index is 12.3. The number of hydrogen-bond acceptors (Lipinski definition) is 4. The Morgan fingerprint density at radius 1 is 1.22 bits per heavy atom. The summed E-state index contributed by atoms with van der Waals surface area (Å²) in [6, 6.07) is 2.50. The highest BCUT2D eigenvalue weighted by Crippen LogP contribution is 2.38. The molecule has 148 valence electrons. The van der Waals surface area contributed by atoms with Crippen LogP contribution >= 0.6 is 11.6 Å². The van der Waals surface area contributed by atoms with Gasteiger partial charge in [-0.2, -0.15) is 0 Å². The average Bonchev–Trinajstić information content (AvgIpc) is 2.80. The molecule has 3 heterocycles. The van der Waals surface area contributed by atoms with Crippen LogP contribution in [0, 0.1) is 5.92 Å². The predicted octanol–water partition coefficient (Wildman–Crippen LogP) is 2.62. The molecule has 0 aromatic carbocycles. The normalized spacial score (nSPS) is 25.3. The van der Waals surface area contributed by atoms with Crippen molar-refractivity contribution in [1.82, 2.24) is 20.5 Å². The molecule has 7 heteroatoms. The summed E-state index contributed by atoms with van der Waals surface area (Å²) in [6.45, 7) is 7.14. The highest BCUT2D eigenvalue weighted by molar-refractivity contribution is 6.30. The van der Waals surface area contributed by atoms with Gasteiger partial charge in [0.2, 0.25) is 5.91 Å². The second-order valence-electron chi connectivity index (χ2n) is 8.79. The fourth-order valence-corrected chi connectivity index (χ4v) is 4.48. The summed E-state index contributed by atoms with van der Waals surface area (Å²) in [5.74, 6) is 0.407. The second-order valence-corrected chi connectivity index (χ2v) is 9.23. The Hall–Kier alpha value is -1.66. The predicted molar refractivity (Wildman–Crippen MR) is 106 cm³/mol. The van der Waals surface area contributed by atoms with Gasteiger partial charge in [-0.25, -0.2) is 0 Å². The first-order chi connectivity index (χ1) is 12.7. The minimum absolute atomic E-state index is 0.0969. The van der Waals surface area contributed by atoms with Crippen molar-refractivity contribution in [3.05, 3.63) is 29.0 Å². The summed E-state index contributed by atoms with van der Waals surface area (Å²) in [5.41, 5.74) is 0.287. The third kappa shape index (κ3) is 5.42. The first-order valence-electron chi connectivity index (χ1n) is 9.67. The molecule has 0 aliphatic carbocycles. The minimum atomic E-state index is -0.200. The topological polar surface area (TPSA) is 74.3 Å². The van der Waals surface area contributed by atoms with Gasteiger partial charge in [0.15, 0.2) is 0 Å². The SMILES string of the molecule is CC(C)(C)NC(=O)CN1[C@@H]2CC[C@H]1C[C@H](CNC(=O)c1cncc(Cl)c1)C2. The number of aromatic nitrogens is 1. The molecule has 0 unspecified atom stereocenters. The van der Waals surface area contributed by atoms with Gasteiger partial charge in [-0.05, 0) is 58.4 Å². The van der Waals surface area contributed by atoms with Crippen molar-refractivity contribution in [2.75, 3.05) is 13.1 Å². The van der Waals surface area contributed by atoms with E-state index in [2.05, 4.69) is 20.5 Å². The van der Waals surface area contributed by atoms with E-state index in [1.807, 2.05) is 20.8 Å². The van der Waals surface area contributed by atoms with E-state index < -0.39 is 0 Å². The van der Waals surface area contributed by atoms with Crippen molar-refractivity contribution < 1.29 is 9.59 Å². The van der Waals surface area contributed by atoms with E-state index in [0.29, 0.717) is 41.7 Å². The molecular formula is C20H29ClN4O2. The van der Waals surface area contributed by atoms with Crippen LogP contribution < -0.4 is 10.6 Å². The van der Waals surface area contributed by atoms with Gasteiger partial charge in [0, 0.05) is 36.6 Å². The van der Waals surface area contributed by atoms with Gasteiger partial charge in [-0.3, -0.25) is 19.5 Å². The van der Waals surface area contributed by atoms with E-state index in [-0.39, 0.29) is 17.4 Å². The zero-order valence-electron chi connectivity index (χ0n) is 16.3.